The number of nitrogens with one attached hydrogen (secondary N) is 1. The Labute approximate surface area is 174 Å². The van der Waals surface area contributed by atoms with Crippen LogP contribution in [0, 0.1) is 12.8 Å². The Hall–Kier alpha value is -3.61. The number of amides is 2. The van der Waals surface area contributed by atoms with Crippen molar-refractivity contribution in [2.75, 3.05) is 11.9 Å². The van der Waals surface area contributed by atoms with E-state index >= 15 is 0 Å². The molecule has 1 N–H and O–H groups in total. The summed E-state index contributed by atoms with van der Waals surface area (Å²) in [4.78, 5) is 40.7. The molecule has 30 heavy (non-hydrogen) atoms. The molecule has 0 spiro atoms. The summed E-state index contributed by atoms with van der Waals surface area (Å²) in [5.74, 6) is 0.420. The van der Waals surface area contributed by atoms with Crippen LogP contribution in [0.5, 0.6) is 0 Å². The molecule has 2 aliphatic rings. The first-order valence-electron chi connectivity index (χ1n) is 9.97. The molecule has 0 radical (unpaired) electrons. The van der Waals surface area contributed by atoms with Gasteiger partial charge < -0.3 is 5.32 Å². The number of carbonyl (C=O) groups is 2. The van der Waals surface area contributed by atoms with Crippen LogP contribution in [0.3, 0.4) is 0 Å². The summed E-state index contributed by atoms with van der Waals surface area (Å²) in [5.41, 5.74) is 3.57. The van der Waals surface area contributed by atoms with Crippen molar-refractivity contribution in [3.8, 4) is 11.3 Å². The van der Waals surface area contributed by atoms with Gasteiger partial charge in [0.25, 0.3) is 11.8 Å². The number of likely N-dealkylation sites (N-methyl/N-ethyl adjacent to an activating group) is 1. The molecule has 7 heteroatoms. The summed E-state index contributed by atoms with van der Waals surface area (Å²) in [5, 5.41) is 2.90. The van der Waals surface area contributed by atoms with Crippen LogP contribution >= 0.6 is 0 Å². The van der Waals surface area contributed by atoms with Gasteiger partial charge in [0, 0.05) is 25.0 Å². The first-order chi connectivity index (χ1) is 14.5. The third kappa shape index (κ3) is 3.03. The molecule has 7 nitrogen and oxygen atoms in total. The third-order valence-electron chi connectivity index (χ3n) is 5.91. The number of aromatic nitrogens is 3. The number of hydrogen-bond acceptors (Lipinski definition) is 5. The lowest BCUT2D eigenvalue weighted by molar-refractivity contribution is -0.120. The fourth-order valence-corrected chi connectivity index (χ4v) is 4.23. The van der Waals surface area contributed by atoms with Gasteiger partial charge >= 0.3 is 0 Å². The van der Waals surface area contributed by atoms with Crippen LogP contribution in [0.2, 0.25) is 0 Å². The smallest absolute Gasteiger partial charge is 0.289 e. The van der Waals surface area contributed by atoms with E-state index in [1.807, 2.05) is 49.4 Å². The number of aryl methyl sites for hydroxylation is 1. The average Bonchev–Trinajstić information content (AvgIpc) is 3.58. The van der Waals surface area contributed by atoms with Gasteiger partial charge in [0.2, 0.25) is 5.82 Å². The molecule has 1 aliphatic carbocycles. The largest absolute Gasteiger partial charge is 0.337 e. The van der Waals surface area contributed by atoms with Gasteiger partial charge in [-0.15, -0.1) is 0 Å². The highest BCUT2D eigenvalue weighted by Crippen LogP contribution is 2.53. The van der Waals surface area contributed by atoms with Crippen molar-refractivity contribution in [1.29, 1.82) is 0 Å². The second-order valence-electron chi connectivity index (χ2n) is 7.86. The maximum atomic E-state index is 13.1. The molecule has 1 saturated carbocycles. The number of carbonyl (C=O) groups excluding carboxylic acids is 2. The number of rotatable bonds is 3. The van der Waals surface area contributed by atoms with E-state index in [4.69, 9.17) is 0 Å². The first kappa shape index (κ1) is 18.4. The average molecular weight is 399 g/mol. The lowest BCUT2D eigenvalue weighted by Gasteiger charge is -2.22. The minimum atomic E-state index is -0.619. The monoisotopic (exact) mass is 399 g/mol. The predicted octanol–water partition coefficient (Wildman–Crippen LogP) is 2.73. The molecule has 3 aromatic rings. The Kier molecular flexibility index (Phi) is 4.31. The zero-order chi connectivity index (χ0) is 20.8. The van der Waals surface area contributed by atoms with Gasteiger partial charge in [-0.25, -0.2) is 15.0 Å². The third-order valence-corrected chi connectivity index (χ3v) is 5.91. The van der Waals surface area contributed by atoms with E-state index in [9.17, 15) is 9.59 Å². The molecule has 150 valence electrons. The van der Waals surface area contributed by atoms with E-state index in [1.54, 1.807) is 19.4 Å². The second kappa shape index (κ2) is 7.02. The molecular formula is C23H21N5O2. The molecular weight excluding hydrogens is 378 g/mol. The first-order valence-corrected chi connectivity index (χ1v) is 9.97. The highest BCUT2D eigenvalue weighted by Gasteiger charge is 2.52. The second-order valence-corrected chi connectivity index (χ2v) is 7.86. The maximum absolute atomic E-state index is 13.1. The lowest BCUT2D eigenvalue weighted by Crippen LogP contribution is -2.49. The van der Waals surface area contributed by atoms with Crippen molar-refractivity contribution in [3.05, 3.63) is 71.8 Å². The predicted molar refractivity (Wildman–Crippen MR) is 112 cm³/mol. The van der Waals surface area contributed by atoms with E-state index in [0.29, 0.717) is 11.5 Å². The summed E-state index contributed by atoms with van der Waals surface area (Å²) in [6, 6.07) is 12.9. The van der Waals surface area contributed by atoms with Gasteiger partial charge in [0.1, 0.15) is 11.9 Å². The van der Waals surface area contributed by atoms with Crippen molar-refractivity contribution in [3.63, 3.8) is 0 Å². The number of pyridine rings is 1. The fourth-order valence-electron chi connectivity index (χ4n) is 4.23. The number of anilines is 1. The fraction of sp³-hybridized carbons (Fsp3) is 0.261. The maximum Gasteiger partial charge on any atom is 0.289 e. The summed E-state index contributed by atoms with van der Waals surface area (Å²) in [6.45, 7) is 1.91. The van der Waals surface area contributed by atoms with Crippen molar-refractivity contribution >= 4 is 17.6 Å². The van der Waals surface area contributed by atoms with Crippen LogP contribution in [-0.4, -0.2) is 39.9 Å². The molecule has 0 bridgehead atoms. The molecule has 5 rings (SSSR count). The van der Waals surface area contributed by atoms with Gasteiger partial charge in [-0.3, -0.25) is 14.5 Å². The Bertz CT molecular complexity index is 1150. The minimum absolute atomic E-state index is 0.0620. The van der Waals surface area contributed by atoms with Crippen LogP contribution in [0.15, 0.2) is 54.9 Å². The number of fused-ring (bicyclic) bond motifs is 3. The van der Waals surface area contributed by atoms with Gasteiger partial charge in [-0.05, 0) is 42.4 Å². The Morgan fingerprint density at radius 2 is 1.93 bits per heavy atom. The lowest BCUT2D eigenvalue weighted by atomic mass is 10.1. The summed E-state index contributed by atoms with van der Waals surface area (Å²) < 4.78 is 0. The van der Waals surface area contributed by atoms with E-state index < -0.39 is 11.9 Å². The van der Waals surface area contributed by atoms with E-state index in [1.165, 1.54) is 4.90 Å². The van der Waals surface area contributed by atoms with Crippen LogP contribution in [0.25, 0.3) is 11.3 Å². The SMILES string of the molecule is Cc1cnc(C(=O)N[C@@H]2C(=O)N(C)c3ncccc3[C@@H]3C[C@H]23)nc1-c1ccccc1. The zero-order valence-electron chi connectivity index (χ0n) is 16.7. The number of nitrogens with zero attached hydrogens (tertiary/aromatic N) is 4. The molecule has 1 aliphatic heterocycles. The van der Waals surface area contributed by atoms with Gasteiger partial charge in [-0.1, -0.05) is 36.4 Å². The van der Waals surface area contributed by atoms with Crippen molar-refractivity contribution in [2.24, 2.45) is 5.92 Å². The Morgan fingerprint density at radius 1 is 1.13 bits per heavy atom. The highest BCUT2D eigenvalue weighted by atomic mass is 16.2. The van der Waals surface area contributed by atoms with Crippen LogP contribution in [0.4, 0.5) is 5.82 Å². The van der Waals surface area contributed by atoms with Crippen molar-refractivity contribution < 1.29 is 9.59 Å². The van der Waals surface area contributed by atoms with Crippen LogP contribution in [0.1, 0.15) is 34.1 Å². The quantitative estimate of drug-likeness (QED) is 0.732. The van der Waals surface area contributed by atoms with Gasteiger partial charge in [0.15, 0.2) is 0 Å². The van der Waals surface area contributed by atoms with Crippen LogP contribution < -0.4 is 10.2 Å². The standard InChI is InChI=1S/C23H21N5O2/c1-13-12-25-20(26-18(13)14-7-4-3-5-8-14)22(29)27-19-17-11-16(17)15-9-6-10-24-21(15)28(2)23(19)30/h3-10,12,16-17,19H,11H2,1-2H3,(H,27,29)/t16-,17-,19-/m0/s1. The molecule has 2 aromatic heterocycles. The summed E-state index contributed by atoms with van der Waals surface area (Å²) in [7, 11) is 1.70. The molecule has 0 saturated heterocycles. The molecule has 2 amide bonds. The highest BCUT2D eigenvalue weighted by molar-refractivity contribution is 6.02. The number of benzene rings is 1. The van der Waals surface area contributed by atoms with Crippen molar-refractivity contribution in [2.45, 2.75) is 25.3 Å². The van der Waals surface area contributed by atoms with Crippen molar-refractivity contribution in [1.82, 2.24) is 20.3 Å². The molecule has 0 unspecified atom stereocenters. The zero-order valence-corrected chi connectivity index (χ0v) is 16.7. The summed E-state index contributed by atoms with van der Waals surface area (Å²) in [6.07, 6.45) is 4.18. The molecule has 1 aromatic carbocycles. The van der Waals surface area contributed by atoms with Gasteiger partial charge in [-0.2, -0.15) is 0 Å². The minimum Gasteiger partial charge on any atom is -0.337 e. The van der Waals surface area contributed by atoms with Gasteiger partial charge in [0.05, 0.1) is 5.69 Å². The molecule has 3 atom stereocenters. The van der Waals surface area contributed by atoms with E-state index in [0.717, 1.165) is 23.1 Å². The summed E-state index contributed by atoms with van der Waals surface area (Å²) >= 11 is 0. The van der Waals surface area contributed by atoms with Crippen LogP contribution in [-0.2, 0) is 4.79 Å². The number of hydrogen-bond donors (Lipinski definition) is 1. The van der Waals surface area contributed by atoms with E-state index in [2.05, 4.69) is 20.3 Å². The topological polar surface area (TPSA) is 88.1 Å². The Morgan fingerprint density at radius 3 is 2.73 bits per heavy atom. The Balaban J connectivity index is 1.42. The normalized spacial score (nSPS) is 22.0. The molecule has 3 heterocycles. The molecule has 1 fully saturated rings. The van der Waals surface area contributed by atoms with E-state index in [-0.39, 0.29) is 23.6 Å².